The molecule has 0 saturated heterocycles. The van der Waals surface area contributed by atoms with Crippen LogP contribution >= 0.6 is 11.3 Å². The van der Waals surface area contributed by atoms with Gasteiger partial charge in [-0.3, -0.25) is 0 Å². The molecule has 0 unspecified atom stereocenters. The third-order valence-corrected chi connectivity index (χ3v) is 4.36. The standard InChI is InChI=1S/C15H21N3OS/c1-12-10-14(20-11-12)13(18-19)6-4-2-3-5-7-15-16-8-9-17-15/h8-11,19H,2-7H2,1H3,(H,16,17). The number of nitrogens with one attached hydrogen (secondary N) is 1. The maximum absolute atomic E-state index is 9.10. The lowest BCUT2D eigenvalue weighted by molar-refractivity contribution is 0.318. The van der Waals surface area contributed by atoms with Gasteiger partial charge in [0.05, 0.1) is 10.6 Å². The minimum absolute atomic E-state index is 0.814. The van der Waals surface area contributed by atoms with Crippen molar-refractivity contribution in [1.29, 1.82) is 0 Å². The molecule has 2 heterocycles. The molecule has 0 aromatic carbocycles. The van der Waals surface area contributed by atoms with E-state index in [9.17, 15) is 0 Å². The first-order valence-corrected chi connectivity index (χ1v) is 7.92. The summed E-state index contributed by atoms with van der Waals surface area (Å²) in [7, 11) is 0. The quantitative estimate of drug-likeness (QED) is 0.332. The van der Waals surface area contributed by atoms with Crippen LogP contribution in [-0.4, -0.2) is 20.9 Å². The molecule has 2 aromatic heterocycles. The molecule has 0 atom stereocenters. The van der Waals surface area contributed by atoms with Crippen molar-refractivity contribution in [2.24, 2.45) is 5.16 Å². The molecule has 0 fully saturated rings. The van der Waals surface area contributed by atoms with Crippen LogP contribution in [0.2, 0.25) is 0 Å². The zero-order valence-electron chi connectivity index (χ0n) is 11.8. The number of imidazole rings is 1. The Labute approximate surface area is 123 Å². The Balaban J connectivity index is 1.62. The molecule has 0 aliphatic carbocycles. The molecule has 2 aromatic rings. The highest BCUT2D eigenvalue weighted by Crippen LogP contribution is 2.18. The number of thiophene rings is 1. The smallest absolute Gasteiger partial charge is 0.105 e. The van der Waals surface area contributed by atoms with Crippen molar-refractivity contribution in [2.75, 3.05) is 0 Å². The van der Waals surface area contributed by atoms with Crippen molar-refractivity contribution >= 4 is 17.0 Å². The Bertz CT molecular complexity index is 531. The van der Waals surface area contributed by atoms with Crippen LogP contribution in [0.3, 0.4) is 0 Å². The lowest BCUT2D eigenvalue weighted by Gasteiger charge is -2.02. The first-order valence-electron chi connectivity index (χ1n) is 7.04. The van der Waals surface area contributed by atoms with Gasteiger partial charge in [-0.1, -0.05) is 18.0 Å². The number of hydrogen-bond acceptors (Lipinski definition) is 4. The van der Waals surface area contributed by atoms with Crippen LogP contribution in [-0.2, 0) is 6.42 Å². The summed E-state index contributed by atoms with van der Waals surface area (Å²) in [6.45, 7) is 2.06. The van der Waals surface area contributed by atoms with Crippen molar-refractivity contribution in [3.8, 4) is 0 Å². The van der Waals surface area contributed by atoms with Gasteiger partial charge < -0.3 is 10.2 Å². The van der Waals surface area contributed by atoms with Gasteiger partial charge in [-0.25, -0.2) is 4.98 Å². The molecule has 2 rings (SSSR count). The number of hydrogen-bond donors (Lipinski definition) is 2. The monoisotopic (exact) mass is 291 g/mol. The lowest BCUT2D eigenvalue weighted by Crippen LogP contribution is -1.98. The second kappa shape index (κ2) is 7.85. The fourth-order valence-corrected chi connectivity index (χ4v) is 3.09. The maximum Gasteiger partial charge on any atom is 0.105 e. The number of aromatic nitrogens is 2. The highest BCUT2D eigenvalue weighted by atomic mass is 32.1. The number of nitrogens with zero attached hydrogens (tertiary/aromatic N) is 2. The number of rotatable bonds is 8. The van der Waals surface area contributed by atoms with E-state index in [4.69, 9.17) is 5.21 Å². The lowest BCUT2D eigenvalue weighted by atomic mass is 10.1. The summed E-state index contributed by atoms with van der Waals surface area (Å²) in [4.78, 5) is 8.41. The third kappa shape index (κ3) is 4.49. The van der Waals surface area contributed by atoms with Crippen LogP contribution in [0, 0.1) is 6.92 Å². The topological polar surface area (TPSA) is 61.3 Å². The van der Waals surface area contributed by atoms with Crippen LogP contribution in [0.1, 0.15) is 48.4 Å². The van der Waals surface area contributed by atoms with Crippen LogP contribution in [0.25, 0.3) is 0 Å². The van der Waals surface area contributed by atoms with Gasteiger partial charge in [0.15, 0.2) is 0 Å². The van der Waals surface area contributed by atoms with Gasteiger partial charge in [0.2, 0.25) is 0 Å². The summed E-state index contributed by atoms with van der Waals surface area (Å²) in [6.07, 6.45) is 10.1. The zero-order chi connectivity index (χ0) is 14.2. The van der Waals surface area contributed by atoms with Crippen molar-refractivity contribution < 1.29 is 5.21 Å². The summed E-state index contributed by atoms with van der Waals surface area (Å²) < 4.78 is 0. The molecule has 5 heteroatoms. The van der Waals surface area contributed by atoms with E-state index in [2.05, 4.69) is 33.5 Å². The van der Waals surface area contributed by atoms with E-state index in [-0.39, 0.29) is 0 Å². The van der Waals surface area contributed by atoms with Gasteiger partial charge in [-0.2, -0.15) is 0 Å². The molecule has 0 bridgehead atoms. The van der Waals surface area contributed by atoms with Gasteiger partial charge >= 0.3 is 0 Å². The number of H-pyrrole nitrogens is 1. The van der Waals surface area contributed by atoms with E-state index in [1.165, 1.54) is 12.0 Å². The van der Waals surface area contributed by atoms with Gasteiger partial charge in [0.1, 0.15) is 5.82 Å². The Morgan fingerprint density at radius 2 is 2.20 bits per heavy atom. The Kier molecular flexibility index (Phi) is 5.80. The van der Waals surface area contributed by atoms with E-state index in [1.54, 1.807) is 17.5 Å². The molecule has 108 valence electrons. The van der Waals surface area contributed by atoms with Crippen molar-refractivity contribution in [2.45, 2.75) is 45.4 Å². The Hall–Kier alpha value is -1.62. The molecule has 0 spiro atoms. The summed E-state index contributed by atoms with van der Waals surface area (Å²) in [5.74, 6) is 1.07. The predicted molar refractivity (Wildman–Crippen MR) is 82.8 cm³/mol. The molecule has 0 amide bonds. The van der Waals surface area contributed by atoms with E-state index in [0.29, 0.717) is 0 Å². The SMILES string of the molecule is Cc1csc(C(CCCCCCc2ncc[nH]2)=NO)c1. The molecular formula is C15H21N3OS. The largest absolute Gasteiger partial charge is 0.411 e. The van der Waals surface area contributed by atoms with Crippen molar-refractivity contribution in [3.05, 3.63) is 40.1 Å². The van der Waals surface area contributed by atoms with Gasteiger partial charge in [-0.15, -0.1) is 11.3 Å². The van der Waals surface area contributed by atoms with Gasteiger partial charge in [-0.05, 0) is 43.2 Å². The fraction of sp³-hybridized carbons (Fsp3) is 0.467. The average molecular weight is 291 g/mol. The highest BCUT2D eigenvalue weighted by Gasteiger charge is 2.06. The van der Waals surface area contributed by atoms with E-state index < -0.39 is 0 Å². The number of unbranched alkanes of at least 4 members (excludes halogenated alkanes) is 3. The minimum Gasteiger partial charge on any atom is -0.411 e. The summed E-state index contributed by atoms with van der Waals surface area (Å²) in [6, 6.07) is 2.08. The first-order chi connectivity index (χ1) is 9.79. The number of aromatic amines is 1. The number of aryl methyl sites for hydroxylation is 2. The minimum atomic E-state index is 0.814. The second-order valence-electron chi connectivity index (χ2n) is 4.99. The van der Waals surface area contributed by atoms with Crippen LogP contribution < -0.4 is 0 Å². The van der Waals surface area contributed by atoms with Crippen LogP contribution in [0.4, 0.5) is 0 Å². The predicted octanol–water partition coefficient (Wildman–Crippen LogP) is 4.15. The second-order valence-corrected chi connectivity index (χ2v) is 5.90. The Morgan fingerprint density at radius 1 is 1.35 bits per heavy atom. The first kappa shape index (κ1) is 14.8. The van der Waals surface area contributed by atoms with Crippen LogP contribution in [0.15, 0.2) is 29.0 Å². The summed E-state index contributed by atoms with van der Waals surface area (Å²) in [5, 5.41) is 14.6. The van der Waals surface area contributed by atoms with E-state index >= 15 is 0 Å². The van der Waals surface area contributed by atoms with E-state index in [1.807, 2.05) is 6.20 Å². The molecular weight excluding hydrogens is 270 g/mol. The molecule has 4 nitrogen and oxygen atoms in total. The van der Waals surface area contributed by atoms with Crippen molar-refractivity contribution in [1.82, 2.24) is 9.97 Å². The van der Waals surface area contributed by atoms with Gasteiger partial charge in [0.25, 0.3) is 0 Å². The molecule has 0 saturated carbocycles. The van der Waals surface area contributed by atoms with Gasteiger partial charge in [0, 0.05) is 18.8 Å². The average Bonchev–Trinajstić information content (AvgIpc) is 3.10. The molecule has 0 aliphatic heterocycles. The molecule has 0 radical (unpaired) electrons. The molecule has 0 aliphatic rings. The Morgan fingerprint density at radius 3 is 2.85 bits per heavy atom. The molecule has 2 N–H and O–H groups in total. The van der Waals surface area contributed by atoms with E-state index in [0.717, 1.165) is 48.5 Å². The zero-order valence-corrected chi connectivity index (χ0v) is 12.6. The third-order valence-electron chi connectivity index (χ3n) is 3.27. The summed E-state index contributed by atoms with van der Waals surface area (Å²) >= 11 is 1.65. The van der Waals surface area contributed by atoms with Crippen molar-refractivity contribution in [3.63, 3.8) is 0 Å². The summed E-state index contributed by atoms with van der Waals surface area (Å²) in [5.41, 5.74) is 2.04. The maximum atomic E-state index is 9.10. The van der Waals surface area contributed by atoms with Crippen LogP contribution in [0.5, 0.6) is 0 Å². The normalized spacial score (nSPS) is 11.9. The fourth-order valence-electron chi connectivity index (χ4n) is 2.18. The number of oxime groups is 1. The highest BCUT2D eigenvalue weighted by molar-refractivity contribution is 7.12. The molecule has 20 heavy (non-hydrogen) atoms.